The van der Waals surface area contributed by atoms with Crippen molar-refractivity contribution in [2.75, 3.05) is 19.4 Å². The van der Waals surface area contributed by atoms with Crippen LogP contribution in [0.3, 0.4) is 0 Å². The van der Waals surface area contributed by atoms with Gasteiger partial charge in [-0.2, -0.15) is 0 Å². The van der Waals surface area contributed by atoms with E-state index in [1.807, 2.05) is 34.4 Å². The normalized spacial score (nSPS) is 17.6. The van der Waals surface area contributed by atoms with Gasteiger partial charge in [0.25, 0.3) is 0 Å². The van der Waals surface area contributed by atoms with E-state index >= 15 is 0 Å². The molecule has 1 aliphatic rings. The van der Waals surface area contributed by atoms with Crippen LogP contribution in [0.2, 0.25) is 0 Å². The number of thioether (sulfide) groups is 1. The molecule has 7 heteroatoms. The van der Waals surface area contributed by atoms with E-state index in [9.17, 15) is 4.79 Å². The standard InChI is InChI=1S/C20H24N4O2S/c1-13-10-15-7-8-16(26-3)11-17(15)24-19(13)21-22-20(24)27-12-18(25)23-9-5-4-6-14(23)2/h7-8,10-11,14H,4-6,9,12H2,1-3H3/t14-/m0/s1. The number of aromatic nitrogens is 3. The van der Waals surface area contributed by atoms with Gasteiger partial charge in [-0.15, -0.1) is 10.2 Å². The van der Waals surface area contributed by atoms with Crippen LogP contribution in [0.4, 0.5) is 0 Å². The highest BCUT2D eigenvalue weighted by Gasteiger charge is 2.24. The highest BCUT2D eigenvalue weighted by molar-refractivity contribution is 7.99. The van der Waals surface area contributed by atoms with Crippen molar-refractivity contribution < 1.29 is 9.53 Å². The summed E-state index contributed by atoms with van der Waals surface area (Å²) in [6.07, 6.45) is 3.39. The summed E-state index contributed by atoms with van der Waals surface area (Å²) in [4.78, 5) is 14.7. The number of likely N-dealkylation sites (tertiary alicyclic amines) is 1. The third-order valence-electron chi connectivity index (χ3n) is 5.28. The van der Waals surface area contributed by atoms with E-state index in [4.69, 9.17) is 4.74 Å². The van der Waals surface area contributed by atoms with Crippen molar-refractivity contribution in [1.29, 1.82) is 0 Å². The van der Waals surface area contributed by atoms with Crippen molar-refractivity contribution in [3.8, 4) is 5.75 Å². The lowest BCUT2D eigenvalue weighted by atomic mass is 10.0. The van der Waals surface area contributed by atoms with E-state index in [1.165, 1.54) is 18.2 Å². The fraction of sp³-hybridized carbons (Fsp3) is 0.450. The summed E-state index contributed by atoms with van der Waals surface area (Å²) >= 11 is 1.45. The van der Waals surface area contributed by atoms with Gasteiger partial charge in [0.05, 0.1) is 18.4 Å². The molecule has 1 amide bonds. The average Bonchev–Trinajstić information content (AvgIpc) is 3.11. The molecule has 0 spiro atoms. The van der Waals surface area contributed by atoms with E-state index < -0.39 is 0 Å². The van der Waals surface area contributed by atoms with Crippen molar-refractivity contribution in [3.63, 3.8) is 0 Å². The molecule has 0 saturated carbocycles. The number of nitrogens with zero attached hydrogens (tertiary/aromatic N) is 4. The second-order valence-corrected chi connectivity index (χ2v) is 8.06. The van der Waals surface area contributed by atoms with Gasteiger partial charge >= 0.3 is 0 Å². The predicted molar refractivity (Wildman–Crippen MR) is 108 cm³/mol. The molecule has 3 aromatic rings. The zero-order valence-corrected chi connectivity index (χ0v) is 16.8. The molecular weight excluding hydrogens is 360 g/mol. The van der Waals surface area contributed by atoms with Gasteiger partial charge in [-0.3, -0.25) is 9.20 Å². The van der Waals surface area contributed by atoms with Crippen LogP contribution in [0, 0.1) is 6.92 Å². The van der Waals surface area contributed by atoms with Gasteiger partial charge in [0.2, 0.25) is 5.91 Å². The van der Waals surface area contributed by atoms with Crippen molar-refractivity contribution in [2.24, 2.45) is 0 Å². The van der Waals surface area contributed by atoms with Gasteiger partial charge < -0.3 is 9.64 Å². The molecule has 27 heavy (non-hydrogen) atoms. The maximum Gasteiger partial charge on any atom is 0.233 e. The minimum absolute atomic E-state index is 0.179. The number of pyridine rings is 1. The zero-order valence-electron chi connectivity index (χ0n) is 15.9. The maximum atomic E-state index is 12.7. The molecule has 0 N–H and O–H groups in total. The van der Waals surface area contributed by atoms with E-state index in [0.717, 1.165) is 52.4 Å². The lowest BCUT2D eigenvalue weighted by molar-refractivity contribution is -0.131. The van der Waals surface area contributed by atoms with Crippen molar-refractivity contribution in [1.82, 2.24) is 19.5 Å². The number of amides is 1. The number of hydrogen-bond acceptors (Lipinski definition) is 5. The second kappa shape index (κ2) is 7.38. The summed E-state index contributed by atoms with van der Waals surface area (Å²) < 4.78 is 7.42. The summed E-state index contributed by atoms with van der Waals surface area (Å²) in [6.45, 7) is 5.03. The first kappa shape index (κ1) is 18.1. The van der Waals surface area contributed by atoms with Gasteiger partial charge in [-0.1, -0.05) is 11.8 Å². The Balaban J connectivity index is 1.66. The fourth-order valence-electron chi connectivity index (χ4n) is 3.78. The SMILES string of the molecule is COc1ccc2cc(C)c3nnc(SCC(=O)N4CCCC[C@@H]4C)n3c2c1. The number of carbonyl (C=O) groups is 1. The molecule has 3 heterocycles. The van der Waals surface area contributed by atoms with Gasteiger partial charge in [0.15, 0.2) is 10.8 Å². The lowest BCUT2D eigenvalue weighted by Crippen LogP contribution is -2.42. The van der Waals surface area contributed by atoms with Crippen LogP contribution < -0.4 is 4.74 Å². The molecule has 0 aliphatic carbocycles. The monoisotopic (exact) mass is 384 g/mol. The quantitative estimate of drug-likeness (QED) is 0.642. The Labute approximate surface area is 162 Å². The molecule has 1 saturated heterocycles. The Morgan fingerprint density at radius 3 is 2.93 bits per heavy atom. The molecule has 2 aromatic heterocycles. The number of rotatable bonds is 4. The molecule has 4 rings (SSSR count). The molecule has 0 bridgehead atoms. The number of aryl methyl sites for hydroxylation is 1. The molecule has 142 valence electrons. The van der Waals surface area contributed by atoms with E-state index in [0.29, 0.717) is 11.8 Å². The Morgan fingerprint density at radius 1 is 1.30 bits per heavy atom. The van der Waals surface area contributed by atoms with Crippen LogP contribution in [0.5, 0.6) is 5.75 Å². The maximum absolute atomic E-state index is 12.7. The zero-order chi connectivity index (χ0) is 19.0. The first-order chi connectivity index (χ1) is 13.1. The smallest absolute Gasteiger partial charge is 0.233 e. The fourth-order valence-corrected chi connectivity index (χ4v) is 4.61. The van der Waals surface area contributed by atoms with Crippen LogP contribution >= 0.6 is 11.8 Å². The Kier molecular flexibility index (Phi) is 4.95. The molecular formula is C20H24N4O2S. The number of ether oxygens (including phenoxy) is 1. The Bertz CT molecular complexity index is 1000. The minimum atomic E-state index is 0.179. The summed E-state index contributed by atoms with van der Waals surface area (Å²) in [5.74, 6) is 1.35. The number of benzene rings is 1. The summed E-state index contributed by atoms with van der Waals surface area (Å²) in [7, 11) is 1.66. The summed E-state index contributed by atoms with van der Waals surface area (Å²) in [5, 5.41) is 10.6. The van der Waals surface area contributed by atoms with Gasteiger partial charge in [-0.05, 0) is 62.3 Å². The van der Waals surface area contributed by atoms with Crippen LogP contribution in [-0.2, 0) is 4.79 Å². The minimum Gasteiger partial charge on any atom is -0.497 e. The molecule has 1 fully saturated rings. The van der Waals surface area contributed by atoms with Crippen molar-refractivity contribution in [3.05, 3.63) is 29.8 Å². The van der Waals surface area contributed by atoms with E-state index in [2.05, 4.69) is 23.2 Å². The second-order valence-electron chi connectivity index (χ2n) is 7.11. The molecule has 6 nitrogen and oxygen atoms in total. The van der Waals surface area contributed by atoms with Crippen LogP contribution in [0.15, 0.2) is 29.4 Å². The lowest BCUT2D eigenvalue weighted by Gasteiger charge is -2.33. The number of fused-ring (bicyclic) bond motifs is 3. The van der Waals surface area contributed by atoms with Crippen LogP contribution in [0.25, 0.3) is 16.6 Å². The molecule has 1 atom stereocenters. The van der Waals surface area contributed by atoms with Crippen LogP contribution in [0.1, 0.15) is 31.7 Å². The first-order valence-electron chi connectivity index (χ1n) is 9.33. The van der Waals surface area contributed by atoms with E-state index in [-0.39, 0.29) is 5.91 Å². The number of hydrogen-bond donors (Lipinski definition) is 0. The Morgan fingerprint density at radius 2 is 2.15 bits per heavy atom. The van der Waals surface area contributed by atoms with E-state index in [1.54, 1.807) is 7.11 Å². The highest BCUT2D eigenvalue weighted by Crippen LogP contribution is 2.28. The van der Waals surface area contributed by atoms with Crippen LogP contribution in [-0.4, -0.2) is 50.9 Å². The van der Waals surface area contributed by atoms with Crippen molar-refractivity contribution in [2.45, 2.75) is 44.3 Å². The molecule has 0 radical (unpaired) electrons. The third-order valence-corrected chi connectivity index (χ3v) is 6.20. The van der Waals surface area contributed by atoms with Gasteiger partial charge in [-0.25, -0.2) is 0 Å². The number of carbonyl (C=O) groups excluding carboxylic acids is 1. The summed E-state index contributed by atoms with van der Waals surface area (Å²) in [6, 6.07) is 8.41. The molecule has 1 aromatic carbocycles. The average molecular weight is 385 g/mol. The molecule has 0 unspecified atom stereocenters. The number of methoxy groups -OCH3 is 1. The van der Waals surface area contributed by atoms with Gasteiger partial charge in [0.1, 0.15) is 5.75 Å². The van der Waals surface area contributed by atoms with Gasteiger partial charge in [0, 0.05) is 18.7 Å². The first-order valence-corrected chi connectivity index (χ1v) is 10.3. The summed E-state index contributed by atoms with van der Waals surface area (Å²) in [5.41, 5.74) is 2.86. The molecule has 1 aliphatic heterocycles. The predicted octanol–water partition coefficient (Wildman–Crippen LogP) is 3.69. The largest absolute Gasteiger partial charge is 0.497 e. The number of piperidine rings is 1. The highest BCUT2D eigenvalue weighted by atomic mass is 32.2. The third kappa shape index (κ3) is 3.36. The topological polar surface area (TPSA) is 59.7 Å². The van der Waals surface area contributed by atoms with Crippen molar-refractivity contribution >= 4 is 34.2 Å². The Hall–Kier alpha value is -2.28.